The molecule has 1 saturated heterocycles. The Kier molecular flexibility index (Phi) is 2.93. The molecule has 0 amide bonds. The summed E-state index contributed by atoms with van der Waals surface area (Å²) in [6, 6.07) is 6.05. The molecule has 1 aromatic carbocycles. The maximum Gasteiger partial charge on any atom is 0.150 e. The molecule has 0 spiro atoms. The Balaban J connectivity index is 1.61. The quantitative estimate of drug-likeness (QED) is 0.901. The predicted molar refractivity (Wildman–Crippen MR) is 70.9 cm³/mol. The number of nitrogens with one attached hydrogen (secondary N) is 1. The van der Waals surface area contributed by atoms with Crippen molar-refractivity contribution in [3.05, 3.63) is 23.8 Å². The monoisotopic (exact) mass is 267 g/mol. The fourth-order valence-electron chi connectivity index (χ4n) is 2.58. The van der Waals surface area contributed by atoms with Gasteiger partial charge >= 0.3 is 0 Å². The van der Waals surface area contributed by atoms with Gasteiger partial charge in [0.1, 0.15) is 5.75 Å². The van der Waals surface area contributed by atoms with E-state index in [1.807, 2.05) is 12.1 Å². The average molecular weight is 267 g/mol. The first kappa shape index (κ1) is 11.8. The minimum absolute atomic E-state index is 0.149. The highest BCUT2D eigenvalue weighted by Crippen LogP contribution is 2.27. The first-order valence-electron chi connectivity index (χ1n) is 6.32. The van der Waals surface area contributed by atoms with Crippen LogP contribution in [0, 0.1) is 5.92 Å². The molecule has 2 aliphatic rings. The number of hydrogen-bond acceptors (Lipinski definition) is 4. The van der Waals surface area contributed by atoms with Crippen LogP contribution in [0.2, 0.25) is 0 Å². The van der Waals surface area contributed by atoms with Gasteiger partial charge in [0.2, 0.25) is 0 Å². The second-order valence-electron chi connectivity index (χ2n) is 5.08. The molecule has 0 radical (unpaired) electrons. The average Bonchev–Trinajstić information content (AvgIpc) is 2.92. The lowest BCUT2D eigenvalue weighted by molar-refractivity contribution is 0.263. The molecule has 1 fully saturated rings. The van der Waals surface area contributed by atoms with Crippen molar-refractivity contribution >= 4 is 15.5 Å². The number of rotatable bonds is 3. The van der Waals surface area contributed by atoms with Crippen molar-refractivity contribution in [2.24, 2.45) is 5.92 Å². The van der Waals surface area contributed by atoms with Crippen LogP contribution in [0.5, 0.6) is 5.75 Å². The van der Waals surface area contributed by atoms with Crippen molar-refractivity contribution < 1.29 is 13.2 Å². The van der Waals surface area contributed by atoms with Crippen molar-refractivity contribution in [2.45, 2.75) is 12.8 Å². The summed E-state index contributed by atoms with van der Waals surface area (Å²) in [6.07, 6.45) is 1.79. The van der Waals surface area contributed by atoms with Gasteiger partial charge in [0.15, 0.2) is 9.84 Å². The standard InChI is InChI=1S/C13H17NO3S/c15-18(16)6-4-10(9-18)8-17-12-2-1-11-3-5-14-13(11)7-12/h1-2,7,10,14H,3-6,8-9H2. The van der Waals surface area contributed by atoms with Crippen LogP contribution in [0.25, 0.3) is 0 Å². The Bertz CT molecular complexity index is 553. The van der Waals surface area contributed by atoms with Crippen LogP contribution in [-0.4, -0.2) is 33.1 Å². The molecular formula is C13H17NO3S. The molecular weight excluding hydrogens is 250 g/mol. The molecule has 98 valence electrons. The third kappa shape index (κ3) is 2.46. The SMILES string of the molecule is O=S1(=O)CCC(COc2ccc3c(c2)NCC3)C1. The van der Waals surface area contributed by atoms with Gasteiger partial charge in [-0.15, -0.1) is 0 Å². The zero-order chi connectivity index (χ0) is 12.6. The summed E-state index contributed by atoms with van der Waals surface area (Å²) >= 11 is 0. The van der Waals surface area contributed by atoms with Gasteiger partial charge in [0.05, 0.1) is 18.1 Å². The van der Waals surface area contributed by atoms with E-state index in [0.717, 1.165) is 30.8 Å². The number of benzene rings is 1. The minimum Gasteiger partial charge on any atom is -0.493 e. The van der Waals surface area contributed by atoms with E-state index in [2.05, 4.69) is 11.4 Å². The van der Waals surface area contributed by atoms with Crippen molar-refractivity contribution in [3.63, 3.8) is 0 Å². The molecule has 2 aliphatic heterocycles. The van der Waals surface area contributed by atoms with Crippen molar-refractivity contribution in [3.8, 4) is 5.75 Å². The van der Waals surface area contributed by atoms with Gasteiger partial charge in [-0.1, -0.05) is 6.07 Å². The van der Waals surface area contributed by atoms with Crippen LogP contribution >= 0.6 is 0 Å². The first-order chi connectivity index (χ1) is 8.62. The largest absolute Gasteiger partial charge is 0.493 e. The van der Waals surface area contributed by atoms with Gasteiger partial charge in [0, 0.05) is 24.2 Å². The van der Waals surface area contributed by atoms with Crippen molar-refractivity contribution in [1.29, 1.82) is 0 Å². The summed E-state index contributed by atoms with van der Waals surface area (Å²) in [4.78, 5) is 0. The lowest BCUT2D eigenvalue weighted by Gasteiger charge is -2.11. The summed E-state index contributed by atoms with van der Waals surface area (Å²) in [5, 5.41) is 3.31. The van der Waals surface area contributed by atoms with Crippen LogP contribution in [0.4, 0.5) is 5.69 Å². The van der Waals surface area contributed by atoms with Crippen LogP contribution < -0.4 is 10.1 Å². The van der Waals surface area contributed by atoms with E-state index in [-0.39, 0.29) is 11.7 Å². The molecule has 1 aromatic rings. The number of ether oxygens (including phenoxy) is 1. The van der Waals surface area contributed by atoms with E-state index in [1.165, 1.54) is 5.56 Å². The van der Waals surface area contributed by atoms with Crippen molar-refractivity contribution in [1.82, 2.24) is 0 Å². The highest BCUT2D eigenvalue weighted by molar-refractivity contribution is 7.91. The second-order valence-corrected chi connectivity index (χ2v) is 7.30. The highest BCUT2D eigenvalue weighted by Gasteiger charge is 2.28. The van der Waals surface area contributed by atoms with Gasteiger partial charge in [-0.05, 0) is 24.5 Å². The zero-order valence-corrected chi connectivity index (χ0v) is 11.0. The van der Waals surface area contributed by atoms with E-state index in [0.29, 0.717) is 12.4 Å². The number of sulfone groups is 1. The third-order valence-electron chi connectivity index (χ3n) is 3.60. The molecule has 0 bridgehead atoms. The van der Waals surface area contributed by atoms with E-state index in [1.54, 1.807) is 0 Å². The second kappa shape index (κ2) is 4.46. The van der Waals surface area contributed by atoms with Gasteiger partial charge in [0.25, 0.3) is 0 Å². The van der Waals surface area contributed by atoms with Crippen molar-refractivity contribution in [2.75, 3.05) is 30.0 Å². The molecule has 1 N–H and O–H groups in total. The lowest BCUT2D eigenvalue weighted by Crippen LogP contribution is -2.13. The van der Waals surface area contributed by atoms with E-state index in [9.17, 15) is 8.42 Å². The fourth-order valence-corrected chi connectivity index (χ4v) is 4.42. The van der Waals surface area contributed by atoms with Crippen LogP contribution in [0.15, 0.2) is 18.2 Å². The Morgan fingerprint density at radius 1 is 1.39 bits per heavy atom. The maximum atomic E-state index is 11.3. The Labute approximate surface area is 107 Å². The Hall–Kier alpha value is -1.23. The van der Waals surface area contributed by atoms with Gasteiger partial charge in [-0.25, -0.2) is 8.42 Å². The smallest absolute Gasteiger partial charge is 0.150 e. The molecule has 1 unspecified atom stereocenters. The maximum absolute atomic E-state index is 11.3. The molecule has 2 heterocycles. The molecule has 0 saturated carbocycles. The summed E-state index contributed by atoms with van der Waals surface area (Å²) in [6.45, 7) is 1.48. The van der Waals surface area contributed by atoms with E-state index >= 15 is 0 Å². The van der Waals surface area contributed by atoms with E-state index in [4.69, 9.17) is 4.74 Å². The highest BCUT2D eigenvalue weighted by atomic mass is 32.2. The number of anilines is 1. The third-order valence-corrected chi connectivity index (χ3v) is 5.44. The summed E-state index contributed by atoms with van der Waals surface area (Å²) in [5.41, 5.74) is 2.47. The van der Waals surface area contributed by atoms with Gasteiger partial charge in [-0.3, -0.25) is 0 Å². The summed E-state index contributed by atoms with van der Waals surface area (Å²) in [5.74, 6) is 1.56. The molecule has 0 aromatic heterocycles. The normalized spacial score (nSPS) is 24.6. The summed E-state index contributed by atoms with van der Waals surface area (Å²) in [7, 11) is -2.80. The number of fused-ring (bicyclic) bond motifs is 1. The van der Waals surface area contributed by atoms with Crippen LogP contribution in [-0.2, 0) is 16.3 Å². The van der Waals surface area contributed by atoms with Crippen LogP contribution in [0.3, 0.4) is 0 Å². The summed E-state index contributed by atoms with van der Waals surface area (Å²) < 4.78 is 28.4. The zero-order valence-electron chi connectivity index (χ0n) is 10.2. The molecule has 5 heteroatoms. The topological polar surface area (TPSA) is 55.4 Å². The molecule has 1 atom stereocenters. The first-order valence-corrected chi connectivity index (χ1v) is 8.14. The predicted octanol–water partition coefficient (Wildman–Crippen LogP) is 1.47. The minimum atomic E-state index is -2.80. The van der Waals surface area contributed by atoms with Gasteiger partial charge in [-0.2, -0.15) is 0 Å². The fraction of sp³-hybridized carbons (Fsp3) is 0.538. The molecule has 4 nitrogen and oxygen atoms in total. The molecule has 0 aliphatic carbocycles. The Morgan fingerprint density at radius 3 is 3.06 bits per heavy atom. The lowest BCUT2D eigenvalue weighted by atomic mass is 10.1. The molecule has 3 rings (SSSR count). The Morgan fingerprint density at radius 2 is 2.28 bits per heavy atom. The molecule has 18 heavy (non-hydrogen) atoms. The number of hydrogen-bond donors (Lipinski definition) is 1. The van der Waals surface area contributed by atoms with E-state index < -0.39 is 9.84 Å². The van der Waals surface area contributed by atoms with Crippen LogP contribution in [0.1, 0.15) is 12.0 Å². The van der Waals surface area contributed by atoms with Gasteiger partial charge < -0.3 is 10.1 Å².